The summed E-state index contributed by atoms with van der Waals surface area (Å²) in [5.74, 6) is 2.81. The van der Waals surface area contributed by atoms with Gasteiger partial charge < -0.3 is 15.3 Å². The van der Waals surface area contributed by atoms with Crippen LogP contribution in [0.25, 0.3) is 0 Å². The molecular formula is C21H22N6O2S. The molecule has 8 nitrogen and oxygen atoms in total. The summed E-state index contributed by atoms with van der Waals surface area (Å²) < 4.78 is 1.93. The number of terminal acetylenes is 1. The molecule has 1 aliphatic rings. The average molecular weight is 423 g/mol. The first-order valence-electron chi connectivity index (χ1n) is 9.58. The quantitative estimate of drug-likeness (QED) is 0.550. The molecule has 4 rings (SSSR count). The van der Waals surface area contributed by atoms with Crippen molar-refractivity contribution < 1.29 is 9.90 Å². The van der Waals surface area contributed by atoms with Gasteiger partial charge in [-0.05, 0) is 36.5 Å². The van der Waals surface area contributed by atoms with Crippen molar-refractivity contribution in [2.75, 3.05) is 23.4 Å². The summed E-state index contributed by atoms with van der Waals surface area (Å²) in [6.45, 7) is 0.700. The van der Waals surface area contributed by atoms with Gasteiger partial charge in [0, 0.05) is 24.7 Å². The molecule has 1 aromatic carbocycles. The molecule has 0 unspecified atom stereocenters. The van der Waals surface area contributed by atoms with Crippen LogP contribution < -0.4 is 15.5 Å². The highest BCUT2D eigenvalue weighted by Gasteiger charge is 2.22. The molecule has 3 aromatic rings. The lowest BCUT2D eigenvalue weighted by molar-refractivity contribution is 0.225. The van der Waals surface area contributed by atoms with E-state index in [0.29, 0.717) is 10.8 Å². The minimum atomic E-state index is -0.542. The van der Waals surface area contributed by atoms with Crippen LogP contribution in [0, 0.1) is 12.3 Å². The number of benzene rings is 1. The molecule has 2 amide bonds. The summed E-state index contributed by atoms with van der Waals surface area (Å²) in [5.41, 5.74) is 4.22. The van der Waals surface area contributed by atoms with E-state index in [1.807, 2.05) is 42.2 Å². The maximum absolute atomic E-state index is 12.3. The number of aliphatic hydroxyl groups is 1. The lowest BCUT2D eigenvalue weighted by Gasteiger charge is -2.29. The van der Waals surface area contributed by atoms with Gasteiger partial charge in [0.1, 0.15) is 5.82 Å². The average Bonchev–Trinajstić information content (AvgIpc) is 3.38. The second-order valence-electron chi connectivity index (χ2n) is 6.96. The first kappa shape index (κ1) is 19.9. The Morgan fingerprint density at radius 1 is 1.40 bits per heavy atom. The topological polar surface area (TPSA) is 95.3 Å². The van der Waals surface area contributed by atoms with Crippen LogP contribution in [0.3, 0.4) is 0 Å². The van der Waals surface area contributed by atoms with Crippen molar-refractivity contribution in [3.05, 3.63) is 52.1 Å². The van der Waals surface area contributed by atoms with Crippen LogP contribution in [-0.2, 0) is 13.5 Å². The third kappa shape index (κ3) is 4.01. The molecule has 3 N–H and O–H groups in total. The summed E-state index contributed by atoms with van der Waals surface area (Å²) in [5, 5.41) is 21.7. The molecular weight excluding hydrogens is 400 g/mol. The van der Waals surface area contributed by atoms with Gasteiger partial charge in [0.25, 0.3) is 0 Å². The van der Waals surface area contributed by atoms with Gasteiger partial charge in [-0.3, -0.25) is 10.00 Å². The highest BCUT2D eigenvalue weighted by atomic mass is 32.1. The number of hydrogen-bond acceptors (Lipinski definition) is 6. The van der Waals surface area contributed by atoms with Crippen LogP contribution in [0.5, 0.6) is 0 Å². The van der Waals surface area contributed by atoms with E-state index in [9.17, 15) is 9.90 Å². The van der Waals surface area contributed by atoms with Crippen molar-refractivity contribution >= 4 is 34.6 Å². The van der Waals surface area contributed by atoms with Gasteiger partial charge in [0.2, 0.25) is 0 Å². The number of urea groups is 1. The Morgan fingerprint density at radius 3 is 2.90 bits per heavy atom. The van der Waals surface area contributed by atoms with Crippen LogP contribution in [0.1, 0.15) is 28.7 Å². The molecule has 0 bridgehead atoms. The minimum absolute atomic E-state index is 0.226. The van der Waals surface area contributed by atoms with Gasteiger partial charge in [-0.25, -0.2) is 9.78 Å². The van der Waals surface area contributed by atoms with Crippen molar-refractivity contribution in [1.29, 1.82) is 0 Å². The highest BCUT2D eigenvalue weighted by molar-refractivity contribution is 7.10. The second kappa shape index (κ2) is 8.57. The third-order valence-electron chi connectivity index (χ3n) is 5.09. The molecule has 0 saturated heterocycles. The highest BCUT2D eigenvalue weighted by Crippen LogP contribution is 2.33. The number of aryl methyl sites for hydroxylation is 1. The molecule has 1 aliphatic heterocycles. The van der Waals surface area contributed by atoms with E-state index in [0.717, 1.165) is 36.3 Å². The van der Waals surface area contributed by atoms with Gasteiger partial charge in [-0.1, -0.05) is 12.1 Å². The number of aliphatic hydroxyl groups excluding tert-OH is 1. The number of thiazole rings is 1. The summed E-state index contributed by atoms with van der Waals surface area (Å²) in [6, 6.07) is 6.84. The molecule has 154 valence electrons. The molecule has 0 aliphatic carbocycles. The molecule has 1 atom stereocenters. The molecule has 0 saturated carbocycles. The first-order valence-corrected chi connectivity index (χ1v) is 10.5. The van der Waals surface area contributed by atoms with Crippen molar-refractivity contribution in [3.8, 4) is 12.3 Å². The Balaban J connectivity index is 1.44. The zero-order chi connectivity index (χ0) is 21.1. The fraction of sp³-hybridized carbons (Fsp3) is 0.286. The Bertz CT molecular complexity index is 1080. The van der Waals surface area contributed by atoms with E-state index < -0.39 is 12.1 Å². The Morgan fingerprint density at radius 2 is 2.20 bits per heavy atom. The van der Waals surface area contributed by atoms with Crippen molar-refractivity contribution in [3.63, 3.8) is 0 Å². The standard InChI is InChI=1S/C21H22N6O2S/c1-3-20-24-19(13-30-20)25-21(29)23-16(12-28)14-6-8-15(9-7-14)27-10-4-5-17-18(27)11-22-26(17)2/h1,6-9,11,13,16,28H,4-5,10,12H2,2H3,(H2,23,25,29)/t16-/m0/s1. The van der Waals surface area contributed by atoms with Crippen LogP contribution >= 0.6 is 11.3 Å². The number of rotatable bonds is 5. The third-order valence-corrected chi connectivity index (χ3v) is 5.86. The summed E-state index contributed by atoms with van der Waals surface area (Å²) in [7, 11) is 1.97. The second-order valence-corrected chi connectivity index (χ2v) is 7.82. The van der Waals surface area contributed by atoms with E-state index in [2.05, 4.69) is 31.5 Å². The number of carbonyl (C=O) groups is 1. The zero-order valence-electron chi connectivity index (χ0n) is 16.5. The molecule has 9 heteroatoms. The predicted octanol–water partition coefficient (Wildman–Crippen LogP) is 2.80. The minimum Gasteiger partial charge on any atom is -0.394 e. The Hall–Kier alpha value is -3.35. The van der Waals surface area contributed by atoms with Gasteiger partial charge in [-0.2, -0.15) is 5.10 Å². The number of nitrogens with zero attached hydrogens (tertiary/aromatic N) is 4. The van der Waals surface area contributed by atoms with Crippen LogP contribution in [0.15, 0.2) is 35.8 Å². The SMILES string of the molecule is C#Cc1nc(NC(=O)N[C@@H](CO)c2ccc(N3CCCc4c3cnn4C)cc2)cs1. The van der Waals surface area contributed by atoms with E-state index >= 15 is 0 Å². The number of hydrogen-bond donors (Lipinski definition) is 3. The van der Waals surface area contributed by atoms with Crippen LogP contribution in [0.4, 0.5) is 22.0 Å². The van der Waals surface area contributed by atoms with Crippen LogP contribution in [0.2, 0.25) is 0 Å². The molecule has 30 heavy (non-hydrogen) atoms. The lowest BCUT2D eigenvalue weighted by atomic mass is 10.0. The monoisotopic (exact) mass is 422 g/mol. The first-order chi connectivity index (χ1) is 14.6. The maximum atomic E-state index is 12.3. The normalized spacial score (nSPS) is 14.0. The van der Waals surface area contributed by atoms with Crippen LogP contribution in [-0.4, -0.2) is 39.1 Å². The zero-order valence-corrected chi connectivity index (χ0v) is 17.3. The molecule has 0 radical (unpaired) electrons. The number of carbonyl (C=O) groups excluding carboxylic acids is 1. The fourth-order valence-electron chi connectivity index (χ4n) is 3.59. The van der Waals surface area contributed by atoms with E-state index in [1.54, 1.807) is 5.38 Å². The molecule has 2 aromatic heterocycles. The van der Waals surface area contributed by atoms with E-state index in [-0.39, 0.29) is 6.61 Å². The van der Waals surface area contributed by atoms with Gasteiger partial charge in [0.15, 0.2) is 5.01 Å². The van der Waals surface area contributed by atoms with Crippen molar-refractivity contribution in [1.82, 2.24) is 20.1 Å². The molecule has 0 spiro atoms. The lowest BCUT2D eigenvalue weighted by Crippen LogP contribution is -2.34. The predicted molar refractivity (Wildman–Crippen MR) is 117 cm³/mol. The number of amides is 2. The van der Waals surface area contributed by atoms with E-state index in [1.165, 1.54) is 17.0 Å². The molecule has 3 heterocycles. The van der Waals surface area contributed by atoms with Gasteiger partial charge in [0.05, 0.1) is 30.2 Å². The maximum Gasteiger partial charge on any atom is 0.320 e. The van der Waals surface area contributed by atoms with Crippen molar-refractivity contribution in [2.24, 2.45) is 7.05 Å². The van der Waals surface area contributed by atoms with Gasteiger partial charge >= 0.3 is 6.03 Å². The fourth-order valence-corrected chi connectivity index (χ4v) is 4.14. The number of nitrogens with one attached hydrogen (secondary N) is 2. The smallest absolute Gasteiger partial charge is 0.320 e. The Kier molecular flexibility index (Phi) is 5.70. The van der Waals surface area contributed by atoms with Gasteiger partial charge in [-0.15, -0.1) is 17.8 Å². The summed E-state index contributed by atoms with van der Waals surface area (Å²) in [6.07, 6.45) is 9.28. The molecule has 0 fully saturated rings. The van der Waals surface area contributed by atoms with E-state index in [4.69, 9.17) is 6.42 Å². The number of anilines is 3. The summed E-state index contributed by atoms with van der Waals surface area (Å²) >= 11 is 1.27. The Labute approximate surface area is 178 Å². The van der Waals surface area contributed by atoms with Crippen molar-refractivity contribution in [2.45, 2.75) is 18.9 Å². The summed E-state index contributed by atoms with van der Waals surface area (Å²) in [4.78, 5) is 18.6. The number of fused-ring (bicyclic) bond motifs is 1. The number of aromatic nitrogens is 3. The largest absolute Gasteiger partial charge is 0.394 e.